The van der Waals surface area contributed by atoms with Crippen LogP contribution < -0.4 is 10.6 Å². The Labute approximate surface area is 151 Å². The third kappa shape index (κ3) is 4.38. The number of benzene rings is 1. The number of anilines is 1. The van der Waals surface area contributed by atoms with Crippen LogP contribution in [0.3, 0.4) is 0 Å². The van der Waals surface area contributed by atoms with Gasteiger partial charge in [-0.2, -0.15) is 5.10 Å². The van der Waals surface area contributed by atoms with E-state index in [1.165, 1.54) is 6.26 Å². The number of hydrogen-bond donors (Lipinski definition) is 2. The number of rotatable bonds is 6. The summed E-state index contributed by atoms with van der Waals surface area (Å²) in [6, 6.07) is 12.5. The van der Waals surface area contributed by atoms with Crippen molar-refractivity contribution in [2.75, 3.05) is 5.32 Å². The number of amides is 2. The molecule has 26 heavy (non-hydrogen) atoms. The smallest absolute Gasteiger partial charge is 0.291 e. The van der Waals surface area contributed by atoms with Crippen LogP contribution in [0, 0.1) is 13.8 Å². The summed E-state index contributed by atoms with van der Waals surface area (Å²) in [7, 11) is 0. The van der Waals surface area contributed by atoms with Gasteiger partial charge in [-0.1, -0.05) is 12.1 Å². The lowest BCUT2D eigenvalue weighted by Crippen LogP contribution is -2.28. The van der Waals surface area contributed by atoms with Gasteiger partial charge in [0.25, 0.3) is 5.91 Å². The highest BCUT2D eigenvalue weighted by Gasteiger charge is 2.09. The van der Waals surface area contributed by atoms with Crippen molar-refractivity contribution in [3.05, 3.63) is 71.4 Å². The second-order valence-electron chi connectivity index (χ2n) is 5.99. The Morgan fingerprint density at radius 1 is 1.15 bits per heavy atom. The van der Waals surface area contributed by atoms with E-state index in [0.29, 0.717) is 12.2 Å². The second-order valence-corrected chi connectivity index (χ2v) is 5.99. The Morgan fingerprint density at radius 3 is 2.54 bits per heavy atom. The molecule has 0 atom stereocenters. The van der Waals surface area contributed by atoms with Crippen molar-refractivity contribution >= 4 is 17.5 Å². The molecule has 134 valence electrons. The lowest BCUT2D eigenvalue weighted by molar-refractivity contribution is -0.122. The van der Waals surface area contributed by atoms with Crippen LogP contribution in [-0.4, -0.2) is 21.6 Å². The number of nitrogens with one attached hydrogen (secondary N) is 2. The fourth-order valence-electron chi connectivity index (χ4n) is 2.53. The van der Waals surface area contributed by atoms with Crippen LogP contribution in [0.25, 0.3) is 0 Å². The third-order valence-corrected chi connectivity index (χ3v) is 3.84. The summed E-state index contributed by atoms with van der Waals surface area (Å²) in [5.41, 5.74) is 3.43. The summed E-state index contributed by atoms with van der Waals surface area (Å²) < 4.78 is 6.73. The van der Waals surface area contributed by atoms with E-state index in [1.807, 2.05) is 32.0 Å². The molecule has 0 aliphatic carbocycles. The van der Waals surface area contributed by atoms with E-state index in [4.69, 9.17) is 4.42 Å². The van der Waals surface area contributed by atoms with Gasteiger partial charge in [-0.15, -0.1) is 0 Å². The van der Waals surface area contributed by atoms with Crippen molar-refractivity contribution in [2.45, 2.75) is 26.9 Å². The van der Waals surface area contributed by atoms with Gasteiger partial charge in [-0.05, 0) is 49.7 Å². The molecule has 0 fully saturated rings. The number of carbonyl (C=O) groups is 2. The topological polar surface area (TPSA) is 89.2 Å². The molecule has 0 aliphatic heterocycles. The first-order chi connectivity index (χ1) is 12.5. The Hall–Kier alpha value is -3.35. The van der Waals surface area contributed by atoms with Gasteiger partial charge in [0.1, 0.15) is 6.54 Å². The first-order valence-corrected chi connectivity index (χ1v) is 8.23. The van der Waals surface area contributed by atoms with Crippen molar-refractivity contribution < 1.29 is 14.0 Å². The predicted octanol–water partition coefficient (Wildman–Crippen LogP) is 2.66. The lowest BCUT2D eigenvalue weighted by Gasteiger charge is -2.08. The van der Waals surface area contributed by atoms with Crippen LogP contribution in [0.4, 0.5) is 5.69 Å². The molecule has 2 aromatic heterocycles. The summed E-state index contributed by atoms with van der Waals surface area (Å²) in [6.45, 7) is 4.41. The maximum atomic E-state index is 12.1. The quantitative estimate of drug-likeness (QED) is 0.714. The maximum absolute atomic E-state index is 12.1. The van der Waals surface area contributed by atoms with Gasteiger partial charge in [0.15, 0.2) is 5.76 Å². The fourth-order valence-corrected chi connectivity index (χ4v) is 2.53. The molecule has 2 amide bonds. The molecule has 0 spiro atoms. The number of aryl methyl sites for hydroxylation is 2. The highest BCUT2D eigenvalue weighted by molar-refractivity contribution is 6.02. The number of hydrogen-bond acceptors (Lipinski definition) is 4. The highest BCUT2D eigenvalue weighted by Crippen LogP contribution is 2.12. The van der Waals surface area contributed by atoms with Gasteiger partial charge in [0, 0.05) is 17.9 Å². The molecule has 7 heteroatoms. The lowest BCUT2D eigenvalue weighted by atomic mass is 10.2. The van der Waals surface area contributed by atoms with Gasteiger partial charge in [-0.25, -0.2) is 0 Å². The average molecular weight is 352 g/mol. The van der Waals surface area contributed by atoms with Crippen molar-refractivity contribution in [3.8, 4) is 0 Å². The molecule has 0 saturated carbocycles. The van der Waals surface area contributed by atoms with E-state index in [0.717, 1.165) is 17.0 Å². The first-order valence-electron chi connectivity index (χ1n) is 8.23. The zero-order valence-corrected chi connectivity index (χ0v) is 14.7. The highest BCUT2D eigenvalue weighted by atomic mass is 16.3. The largest absolute Gasteiger partial charge is 0.459 e. The van der Waals surface area contributed by atoms with E-state index in [1.54, 1.807) is 28.9 Å². The molecular weight excluding hydrogens is 332 g/mol. The summed E-state index contributed by atoms with van der Waals surface area (Å²) in [5.74, 6) is -0.155. The summed E-state index contributed by atoms with van der Waals surface area (Å²) >= 11 is 0. The molecule has 0 saturated heterocycles. The summed E-state index contributed by atoms with van der Waals surface area (Å²) in [4.78, 5) is 24.0. The molecule has 2 heterocycles. The molecule has 2 N–H and O–H groups in total. The van der Waals surface area contributed by atoms with Crippen LogP contribution in [0.5, 0.6) is 0 Å². The second kappa shape index (κ2) is 7.69. The van der Waals surface area contributed by atoms with E-state index >= 15 is 0 Å². The molecule has 0 unspecified atom stereocenters. The molecular formula is C19H20N4O3. The van der Waals surface area contributed by atoms with E-state index in [-0.39, 0.29) is 24.1 Å². The van der Waals surface area contributed by atoms with Crippen LogP contribution in [0.2, 0.25) is 0 Å². The minimum atomic E-state index is -0.305. The van der Waals surface area contributed by atoms with Gasteiger partial charge in [0.2, 0.25) is 5.91 Å². The normalized spacial score (nSPS) is 10.5. The standard InChI is InChI=1S/C19H20N4O3/c1-13-10-14(2)23(22-13)12-18(24)20-11-15-5-7-16(8-6-15)21-19(25)17-4-3-9-26-17/h3-10H,11-12H2,1-2H3,(H,20,24)(H,21,25). The van der Waals surface area contributed by atoms with Crippen LogP contribution in [0.15, 0.2) is 53.1 Å². The van der Waals surface area contributed by atoms with Crippen molar-refractivity contribution in [2.24, 2.45) is 0 Å². The zero-order chi connectivity index (χ0) is 18.5. The number of carbonyl (C=O) groups excluding carboxylic acids is 2. The molecule has 0 aliphatic rings. The number of furan rings is 1. The van der Waals surface area contributed by atoms with E-state index < -0.39 is 0 Å². The van der Waals surface area contributed by atoms with Crippen LogP contribution in [-0.2, 0) is 17.9 Å². The molecule has 0 radical (unpaired) electrons. The minimum absolute atomic E-state index is 0.105. The number of aromatic nitrogens is 2. The SMILES string of the molecule is Cc1cc(C)n(CC(=O)NCc2ccc(NC(=O)c3ccco3)cc2)n1. The van der Waals surface area contributed by atoms with Crippen molar-refractivity contribution in [1.82, 2.24) is 15.1 Å². The van der Waals surface area contributed by atoms with E-state index in [2.05, 4.69) is 15.7 Å². The predicted molar refractivity (Wildman–Crippen MR) is 96.7 cm³/mol. The molecule has 1 aromatic carbocycles. The zero-order valence-electron chi connectivity index (χ0n) is 14.7. The summed E-state index contributed by atoms with van der Waals surface area (Å²) in [6.07, 6.45) is 1.45. The van der Waals surface area contributed by atoms with Crippen LogP contribution in [0.1, 0.15) is 27.5 Å². The Kier molecular flexibility index (Phi) is 5.17. The van der Waals surface area contributed by atoms with Gasteiger partial charge in [0.05, 0.1) is 12.0 Å². The van der Waals surface area contributed by atoms with Crippen LogP contribution >= 0.6 is 0 Å². The van der Waals surface area contributed by atoms with Gasteiger partial charge < -0.3 is 15.1 Å². The summed E-state index contributed by atoms with van der Waals surface area (Å²) in [5, 5.41) is 9.88. The molecule has 0 bridgehead atoms. The molecule has 3 rings (SSSR count). The van der Waals surface area contributed by atoms with Gasteiger partial charge in [-0.3, -0.25) is 14.3 Å². The monoisotopic (exact) mass is 352 g/mol. The van der Waals surface area contributed by atoms with Gasteiger partial charge >= 0.3 is 0 Å². The van der Waals surface area contributed by atoms with E-state index in [9.17, 15) is 9.59 Å². The number of nitrogens with zero attached hydrogens (tertiary/aromatic N) is 2. The third-order valence-electron chi connectivity index (χ3n) is 3.84. The first kappa shape index (κ1) is 17.5. The average Bonchev–Trinajstić information content (AvgIpc) is 3.24. The Bertz CT molecular complexity index is 896. The Morgan fingerprint density at radius 2 is 1.92 bits per heavy atom. The fraction of sp³-hybridized carbons (Fsp3) is 0.211. The minimum Gasteiger partial charge on any atom is -0.459 e. The van der Waals surface area contributed by atoms with Crippen molar-refractivity contribution in [3.63, 3.8) is 0 Å². The van der Waals surface area contributed by atoms with Crippen molar-refractivity contribution in [1.29, 1.82) is 0 Å². The maximum Gasteiger partial charge on any atom is 0.291 e. The Balaban J connectivity index is 1.50. The molecule has 3 aromatic rings. The molecule has 7 nitrogen and oxygen atoms in total.